The van der Waals surface area contributed by atoms with E-state index < -0.39 is 10.0 Å². The third-order valence-corrected chi connectivity index (χ3v) is 7.18. The molecule has 1 aliphatic heterocycles. The Morgan fingerprint density at radius 1 is 0.929 bits per heavy atom. The van der Waals surface area contributed by atoms with Crippen LogP contribution in [0, 0.1) is 0 Å². The summed E-state index contributed by atoms with van der Waals surface area (Å²) in [6.07, 6.45) is 5.00. The fourth-order valence-corrected chi connectivity index (χ4v) is 4.99. The zero-order valence-corrected chi connectivity index (χ0v) is 17.2. The van der Waals surface area contributed by atoms with E-state index in [2.05, 4.69) is 0 Å². The fourth-order valence-electron chi connectivity index (χ4n) is 3.47. The van der Waals surface area contributed by atoms with E-state index >= 15 is 0 Å². The third kappa shape index (κ3) is 5.00. The molecule has 3 rings (SSSR count). The van der Waals surface area contributed by atoms with Crippen LogP contribution >= 0.6 is 0 Å². The van der Waals surface area contributed by atoms with E-state index in [9.17, 15) is 13.2 Å². The monoisotopic (exact) mass is 400 g/mol. The van der Waals surface area contributed by atoms with E-state index in [1.54, 1.807) is 28.4 Å². The van der Waals surface area contributed by atoms with Crippen LogP contribution in [-0.4, -0.2) is 38.8 Å². The Morgan fingerprint density at radius 3 is 2.14 bits per heavy atom. The Balaban J connectivity index is 1.60. The summed E-state index contributed by atoms with van der Waals surface area (Å²) in [6.45, 7) is 1.20. The van der Waals surface area contributed by atoms with Gasteiger partial charge < -0.3 is 4.90 Å². The van der Waals surface area contributed by atoms with Crippen molar-refractivity contribution in [3.8, 4) is 0 Å². The molecule has 1 aliphatic rings. The second-order valence-corrected chi connectivity index (χ2v) is 9.19. The molecule has 0 aliphatic carbocycles. The SMILES string of the molecule is CN(C(=O)CCc1ccc(S(=O)(=O)N2CCCCCC2)cc1)c1ccccc1. The van der Waals surface area contributed by atoms with Crippen LogP contribution in [0.1, 0.15) is 37.7 Å². The van der Waals surface area contributed by atoms with E-state index in [1.165, 1.54) is 0 Å². The van der Waals surface area contributed by atoms with Gasteiger partial charge in [-0.05, 0) is 49.1 Å². The number of amides is 1. The van der Waals surface area contributed by atoms with Crippen LogP contribution in [0.5, 0.6) is 0 Å². The number of hydrogen-bond donors (Lipinski definition) is 0. The van der Waals surface area contributed by atoms with Crippen LogP contribution in [0.4, 0.5) is 5.69 Å². The Bertz CT molecular complexity index is 872. The Hall–Kier alpha value is -2.18. The van der Waals surface area contributed by atoms with Gasteiger partial charge in [0.2, 0.25) is 15.9 Å². The summed E-state index contributed by atoms with van der Waals surface area (Å²) >= 11 is 0. The van der Waals surface area contributed by atoms with Crippen LogP contribution in [-0.2, 0) is 21.2 Å². The lowest BCUT2D eigenvalue weighted by molar-refractivity contribution is -0.118. The average Bonchev–Trinajstić information content (AvgIpc) is 3.02. The predicted molar refractivity (Wildman–Crippen MR) is 112 cm³/mol. The van der Waals surface area contributed by atoms with Crippen LogP contribution in [0.25, 0.3) is 0 Å². The second kappa shape index (κ2) is 9.34. The van der Waals surface area contributed by atoms with Crippen molar-refractivity contribution in [2.24, 2.45) is 0 Å². The number of sulfonamides is 1. The molecule has 1 amide bonds. The molecule has 1 heterocycles. The Labute approximate surface area is 168 Å². The van der Waals surface area contributed by atoms with Crippen molar-refractivity contribution in [2.45, 2.75) is 43.4 Å². The number of aryl methyl sites for hydroxylation is 1. The molecule has 0 bridgehead atoms. The first-order valence-electron chi connectivity index (χ1n) is 9.89. The average molecular weight is 401 g/mol. The lowest BCUT2D eigenvalue weighted by atomic mass is 10.1. The Kier molecular flexibility index (Phi) is 6.86. The van der Waals surface area contributed by atoms with Gasteiger partial charge in [0, 0.05) is 32.2 Å². The van der Waals surface area contributed by atoms with E-state index in [0.717, 1.165) is 36.9 Å². The molecule has 0 unspecified atom stereocenters. The van der Waals surface area contributed by atoms with Crippen molar-refractivity contribution in [1.29, 1.82) is 0 Å². The topological polar surface area (TPSA) is 57.7 Å². The molecule has 0 radical (unpaired) electrons. The molecule has 0 spiro atoms. The molecule has 2 aromatic rings. The highest BCUT2D eigenvalue weighted by atomic mass is 32.2. The number of para-hydroxylation sites is 1. The van der Waals surface area contributed by atoms with Crippen molar-refractivity contribution >= 4 is 21.6 Å². The van der Waals surface area contributed by atoms with Crippen molar-refractivity contribution in [3.05, 3.63) is 60.2 Å². The summed E-state index contributed by atoms with van der Waals surface area (Å²) in [5.74, 6) is 0.0347. The Morgan fingerprint density at radius 2 is 1.54 bits per heavy atom. The molecule has 0 atom stereocenters. The number of rotatable bonds is 6. The van der Waals surface area contributed by atoms with Crippen molar-refractivity contribution in [3.63, 3.8) is 0 Å². The highest BCUT2D eigenvalue weighted by molar-refractivity contribution is 7.89. The molecular formula is C22H28N2O3S. The standard InChI is InChI=1S/C22H28N2O3S/c1-23(20-9-5-4-6-10-20)22(25)16-13-19-11-14-21(15-12-19)28(26,27)24-17-7-2-3-8-18-24/h4-6,9-12,14-15H,2-3,7-8,13,16-18H2,1H3. The minimum Gasteiger partial charge on any atom is -0.315 e. The fraction of sp³-hybridized carbons (Fsp3) is 0.409. The number of anilines is 1. The van der Waals surface area contributed by atoms with Gasteiger partial charge in [0.1, 0.15) is 0 Å². The first kappa shape index (κ1) is 20.6. The van der Waals surface area contributed by atoms with Crippen molar-refractivity contribution in [1.82, 2.24) is 4.31 Å². The van der Waals surface area contributed by atoms with Gasteiger partial charge in [0.15, 0.2) is 0 Å². The van der Waals surface area contributed by atoms with Crippen LogP contribution < -0.4 is 4.90 Å². The molecule has 28 heavy (non-hydrogen) atoms. The molecule has 5 nitrogen and oxygen atoms in total. The molecule has 6 heteroatoms. The maximum atomic E-state index is 12.8. The van der Waals surface area contributed by atoms with E-state index in [4.69, 9.17) is 0 Å². The summed E-state index contributed by atoms with van der Waals surface area (Å²) in [4.78, 5) is 14.4. The molecule has 0 saturated carbocycles. The van der Waals surface area contributed by atoms with Gasteiger partial charge in [0.25, 0.3) is 0 Å². The lowest BCUT2D eigenvalue weighted by Crippen LogP contribution is -2.31. The normalized spacial score (nSPS) is 15.8. The van der Waals surface area contributed by atoms with E-state index in [0.29, 0.717) is 30.8 Å². The molecule has 1 fully saturated rings. The summed E-state index contributed by atoms with van der Waals surface area (Å²) in [5, 5.41) is 0. The first-order chi connectivity index (χ1) is 13.5. The molecular weight excluding hydrogens is 372 g/mol. The number of nitrogens with zero attached hydrogens (tertiary/aromatic N) is 2. The number of carbonyl (C=O) groups is 1. The van der Waals surface area contributed by atoms with Gasteiger partial charge in [0.05, 0.1) is 4.90 Å². The van der Waals surface area contributed by atoms with Gasteiger partial charge in [-0.3, -0.25) is 4.79 Å². The van der Waals surface area contributed by atoms with Gasteiger partial charge in [-0.25, -0.2) is 8.42 Å². The maximum Gasteiger partial charge on any atom is 0.243 e. The highest BCUT2D eigenvalue weighted by Gasteiger charge is 2.24. The summed E-state index contributed by atoms with van der Waals surface area (Å²) in [6, 6.07) is 16.5. The summed E-state index contributed by atoms with van der Waals surface area (Å²) < 4.78 is 27.3. The van der Waals surface area contributed by atoms with E-state index in [-0.39, 0.29) is 5.91 Å². The smallest absolute Gasteiger partial charge is 0.243 e. The van der Waals surface area contributed by atoms with E-state index in [1.807, 2.05) is 42.5 Å². The molecule has 1 saturated heterocycles. The van der Waals surface area contributed by atoms with Crippen molar-refractivity contribution < 1.29 is 13.2 Å². The number of hydrogen-bond acceptors (Lipinski definition) is 3. The molecule has 2 aromatic carbocycles. The molecule has 0 aromatic heterocycles. The second-order valence-electron chi connectivity index (χ2n) is 7.25. The zero-order chi connectivity index (χ0) is 20.0. The first-order valence-corrected chi connectivity index (χ1v) is 11.3. The maximum absolute atomic E-state index is 12.8. The van der Waals surface area contributed by atoms with Crippen LogP contribution in [0.3, 0.4) is 0 Å². The largest absolute Gasteiger partial charge is 0.315 e. The molecule has 0 N–H and O–H groups in total. The third-order valence-electron chi connectivity index (χ3n) is 5.27. The van der Waals surface area contributed by atoms with Crippen LogP contribution in [0.15, 0.2) is 59.5 Å². The van der Waals surface area contributed by atoms with Crippen molar-refractivity contribution in [2.75, 3.05) is 25.0 Å². The van der Waals surface area contributed by atoms with Crippen LogP contribution in [0.2, 0.25) is 0 Å². The molecule has 150 valence electrons. The number of carbonyl (C=O) groups excluding carboxylic acids is 1. The van der Waals surface area contributed by atoms with Gasteiger partial charge in [-0.1, -0.05) is 43.2 Å². The van der Waals surface area contributed by atoms with Gasteiger partial charge >= 0.3 is 0 Å². The summed E-state index contributed by atoms with van der Waals surface area (Å²) in [7, 11) is -1.65. The quantitative estimate of drug-likeness (QED) is 0.740. The van der Waals surface area contributed by atoms with Gasteiger partial charge in [-0.2, -0.15) is 4.31 Å². The number of benzene rings is 2. The predicted octanol–water partition coefficient (Wildman–Crippen LogP) is 3.85. The lowest BCUT2D eigenvalue weighted by Gasteiger charge is -2.20. The highest BCUT2D eigenvalue weighted by Crippen LogP contribution is 2.21. The van der Waals surface area contributed by atoms with Gasteiger partial charge in [-0.15, -0.1) is 0 Å². The minimum atomic E-state index is -3.42. The minimum absolute atomic E-state index is 0.0347. The summed E-state index contributed by atoms with van der Waals surface area (Å²) in [5.41, 5.74) is 1.83. The zero-order valence-electron chi connectivity index (χ0n) is 16.4.